The van der Waals surface area contributed by atoms with Crippen molar-refractivity contribution in [2.45, 2.75) is 30.9 Å². The lowest BCUT2D eigenvalue weighted by molar-refractivity contribution is 0.569. The van der Waals surface area contributed by atoms with Crippen LogP contribution in [0.1, 0.15) is 29.7 Å². The van der Waals surface area contributed by atoms with E-state index in [4.69, 9.17) is 0 Å². The van der Waals surface area contributed by atoms with Crippen LogP contribution in [0, 0.1) is 6.92 Å². The van der Waals surface area contributed by atoms with Gasteiger partial charge in [0.25, 0.3) is 0 Å². The molecule has 0 aliphatic carbocycles. The molecular formula is C18H23NOS. The van der Waals surface area contributed by atoms with E-state index in [1.807, 2.05) is 37.4 Å². The van der Waals surface area contributed by atoms with Crippen LogP contribution in [0.2, 0.25) is 0 Å². The lowest BCUT2D eigenvalue weighted by atomic mass is 10.0. The number of rotatable bonds is 6. The Morgan fingerprint density at radius 1 is 1.05 bits per heavy atom. The fourth-order valence-electron chi connectivity index (χ4n) is 2.47. The summed E-state index contributed by atoms with van der Waals surface area (Å²) in [5.41, 5.74) is 3.56. The zero-order valence-electron chi connectivity index (χ0n) is 12.9. The minimum atomic E-state index is -0.914. The monoisotopic (exact) mass is 301 g/mol. The van der Waals surface area contributed by atoms with Crippen molar-refractivity contribution >= 4 is 10.8 Å². The topological polar surface area (TPSA) is 29.1 Å². The van der Waals surface area contributed by atoms with Crippen LogP contribution >= 0.6 is 0 Å². The van der Waals surface area contributed by atoms with Crippen LogP contribution in [-0.2, 0) is 16.6 Å². The second kappa shape index (κ2) is 7.53. The highest BCUT2D eigenvalue weighted by Crippen LogP contribution is 2.22. The molecule has 3 unspecified atom stereocenters. The van der Waals surface area contributed by atoms with Crippen molar-refractivity contribution in [3.8, 4) is 0 Å². The Labute approximate surface area is 130 Å². The smallest absolute Gasteiger partial charge is 0.0518 e. The van der Waals surface area contributed by atoms with Crippen LogP contribution in [0.4, 0.5) is 0 Å². The molecule has 0 saturated carbocycles. The molecule has 3 heteroatoms. The molecule has 0 aliphatic rings. The van der Waals surface area contributed by atoms with E-state index in [2.05, 4.69) is 43.4 Å². The molecule has 2 aromatic carbocycles. The molecule has 0 fully saturated rings. The maximum absolute atomic E-state index is 12.6. The summed E-state index contributed by atoms with van der Waals surface area (Å²) >= 11 is 0. The van der Waals surface area contributed by atoms with Crippen LogP contribution in [-0.4, -0.2) is 16.5 Å². The van der Waals surface area contributed by atoms with Crippen molar-refractivity contribution in [3.05, 3.63) is 71.3 Å². The van der Waals surface area contributed by atoms with E-state index >= 15 is 0 Å². The van der Waals surface area contributed by atoms with Crippen LogP contribution in [0.3, 0.4) is 0 Å². The summed E-state index contributed by atoms with van der Waals surface area (Å²) in [4.78, 5) is 0. The normalized spacial score (nSPS) is 15.4. The maximum Gasteiger partial charge on any atom is 0.0518 e. The molecule has 0 aromatic heterocycles. The molecule has 0 heterocycles. The Kier molecular flexibility index (Phi) is 5.71. The van der Waals surface area contributed by atoms with Gasteiger partial charge in [0.2, 0.25) is 0 Å². The SMILES string of the molecule is CNC(c1ccc(C)cc1)C(C)S(=O)Cc1ccccc1. The number of aryl methyl sites for hydroxylation is 1. The van der Waals surface area contributed by atoms with Gasteiger partial charge in [-0.15, -0.1) is 0 Å². The van der Waals surface area contributed by atoms with Crippen molar-refractivity contribution in [2.24, 2.45) is 0 Å². The Bertz CT molecular complexity index is 580. The van der Waals surface area contributed by atoms with Gasteiger partial charge in [0.05, 0.1) is 5.25 Å². The molecule has 112 valence electrons. The molecule has 0 aliphatic heterocycles. The van der Waals surface area contributed by atoms with Gasteiger partial charge in [0, 0.05) is 22.6 Å². The Morgan fingerprint density at radius 3 is 2.24 bits per heavy atom. The van der Waals surface area contributed by atoms with E-state index in [0.29, 0.717) is 5.75 Å². The third kappa shape index (κ3) is 4.26. The van der Waals surface area contributed by atoms with E-state index in [1.54, 1.807) is 0 Å². The van der Waals surface area contributed by atoms with Gasteiger partial charge >= 0.3 is 0 Å². The maximum atomic E-state index is 12.6. The number of benzene rings is 2. The second-order valence-electron chi connectivity index (χ2n) is 5.39. The molecule has 3 atom stereocenters. The average Bonchev–Trinajstić information content (AvgIpc) is 2.50. The Hall–Kier alpha value is -1.45. The first kappa shape index (κ1) is 15.9. The third-order valence-electron chi connectivity index (χ3n) is 3.78. The molecule has 0 bridgehead atoms. The van der Waals surface area contributed by atoms with Crippen molar-refractivity contribution in [2.75, 3.05) is 7.05 Å². The summed E-state index contributed by atoms with van der Waals surface area (Å²) in [6, 6.07) is 18.6. The van der Waals surface area contributed by atoms with Crippen molar-refractivity contribution in [3.63, 3.8) is 0 Å². The first-order valence-corrected chi connectivity index (χ1v) is 8.65. The molecule has 0 amide bonds. The van der Waals surface area contributed by atoms with Gasteiger partial charge in [-0.05, 0) is 32.0 Å². The van der Waals surface area contributed by atoms with Crippen LogP contribution in [0.15, 0.2) is 54.6 Å². The minimum absolute atomic E-state index is 0.0536. The summed E-state index contributed by atoms with van der Waals surface area (Å²) < 4.78 is 12.6. The van der Waals surface area contributed by atoms with E-state index in [0.717, 1.165) is 5.56 Å². The van der Waals surface area contributed by atoms with Gasteiger partial charge in [-0.2, -0.15) is 0 Å². The van der Waals surface area contributed by atoms with Gasteiger partial charge in [-0.25, -0.2) is 0 Å². The van der Waals surface area contributed by atoms with E-state index in [9.17, 15) is 4.21 Å². The van der Waals surface area contributed by atoms with Crippen LogP contribution in [0.5, 0.6) is 0 Å². The summed E-state index contributed by atoms with van der Waals surface area (Å²) in [6.07, 6.45) is 0. The fraction of sp³-hybridized carbons (Fsp3) is 0.333. The molecule has 1 N–H and O–H groups in total. The van der Waals surface area contributed by atoms with Gasteiger partial charge in [0.1, 0.15) is 0 Å². The zero-order chi connectivity index (χ0) is 15.2. The summed E-state index contributed by atoms with van der Waals surface area (Å²) in [7, 11) is 1.02. The van der Waals surface area contributed by atoms with E-state index in [1.165, 1.54) is 11.1 Å². The highest BCUT2D eigenvalue weighted by molar-refractivity contribution is 7.84. The third-order valence-corrected chi connectivity index (χ3v) is 5.50. The number of hydrogen-bond acceptors (Lipinski definition) is 2. The molecular weight excluding hydrogens is 278 g/mol. The lowest BCUT2D eigenvalue weighted by Crippen LogP contribution is -2.31. The Morgan fingerprint density at radius 2 is 1.67 bits per heavy atom. The van der Waals surface area contributed by atoms with Gasteiger partial charge in [0.15, 0.2) is 0 Å². The fourth-order valence-corrected chi connectivity index (χ4v) is 3.85. The lowest BCUT2D eigenvalue weighted by Gasteiger charge is -2.23. The molecule has 2 aromatic rings. The summed E-state index contributed by atoms with van der Waals surface area (Å²) in [5.74, 6) is 0.603. The first-order valence-electron chi connectivity index (χ1n) is 7.26. The van der Waals surface area contributed by atoms with Crippen LogP contribution < -0.4 is 5.32 Å². The summed E-state index contributed by atoms with van der Waals surface area (Å²) in [6.45, 7) is 4.13. The first-order chi connectivity index (χ1) is 10.1. The van der Waals surface area contributed by atoms with Crippen LogP contribution in [0.25, 0.3) is 0 Å². The van der Waals surface area contributed by atoms with Crippen molar-refractivity contribution < 1.29 is 4.21 Å². The predicted molar refractivity (Wildman–Crippen MR) is 90.7 cm³/mol. The van der Waals surface area contributed by atoms with Crippen molar-refractivity contribution in [1.82, 2.24) is 5.32 Å². The van der Waals surface area contributed by atoms with E-state index < -0.39 is 10.8 Å². The minimum Gasteiger partial charge on any atom is -0.312 e. The van der Waals surface area contributed by atoms with Gasteiger partial charge in [-0.3, -0.25) is 4.21 Å². The second-order valence-corrected chi connectivity index (χ2v) is 7.19. The molecule has 0 spiro atoms. The quantitative estimate of drug-likeness (QED) is 0.883. The zero-order valence-corrected chi connectivity index (χ0v) is 13.7. The standard InChI is InChI=1S/C18H23NOS/c1-14-9-11-17(12-10-14)18(19-3)15(2)21(20)13-16-7-5-4-6-8-16/h4-12,15,18-19H,13H2,1-3H3. The van der Waals surface area contributed by atoms with Gasteiger partial charge < -0.3 is 5.32 Å². The summed E-state index contributed by atoms with van der Waals surface area (Å²) in [5, 5.41) is 3.36. The highest BCUT2D eigenvalue weighted by Gasteiger charge is 2.23. The molecule has 0 saturated heterocycles. The predicted octanol–water partition coefficient (Wildman–Crippen LogP) is 3.59. The largest absolute Gasteiger partial charge is 0.312 e. The average molecular weight is 301 g/mol. The molecule has 0 radical (unpaired) electrons. The Balaban J connectivity index is 2.10. The van der Waals surface area contributed by atoms with E-state index in [-0.39, 0.29) is 11.3 Å². The molecule has 2 nitrogen and oxygen atoms in total. The van der Waals surface area contributed by atoms with Crippen molar-refractivity contribution in [1.29, 1.82) is 0 Å². The van der Waals surface area contributed by atoms with Gasteiger partial charge in [-0.1, -0.05) is 60.2 Å². The number of nitrogens with one attached hydrogen (secondary N) is 1. The highest BCUT2D eigenvalue weighted by atomic mass is 32.2. The number of hydrogen-bond donors (Lipinski definition) is 1. The molecule has 21 heavy (non-hydrogen) atoms. The molecule has 2 rings (SSSR count).